The molecule has 0 spiro atoms. The number of benzene rings is 2. The summed E-state index contributed by atoms with van der Waals surface area (Å²) in [6.45, 7) is -0.327. The van der Waals surface area contributed by atoms with E-state index in [-0.39, 0.29) is 12.4 Å². The van der Waals surface area contributed by atoms with E-state index in [1.807, 2.05) is 12.1 Å². The van der Waals surface area contributed by atoms with E-state index in [0.29, 0.717) is 16.5 Å². The predicted molar refractivity (Wildman–Crippen MR) is 94.8 cm³/mol. The normalized spacial score (nSPS) is 10.1. The molecule has 0 saturated carbocycles. The average molecular weight is 366 g/mol. The summed E-state index contributed by atoms with van der Waals surface area (Å²) in [6, 6.07) is 14.0. The topological polar surface area (TPSA) is 64.6 Å². The number of methoxy groups -OCH3 is 1. The lowest BCUT2D eigenvalue weighted by molar-refractivity contribution is -0.144. The second-order valence-electron chi connectivity index (χ2n) is 4.68. The Hall–Kier alpha value is -2.18. The van der Waals surface area contributed by atoms with Crippen molar-refractivity contribution < 1.29 is 19.1 Å². The van der Waals surface area contributed by atoms with E-state index in [2.05, 4.69) is 5.32 Å². The van der Waals surface area contributed by atoms with Crippen LogP contribution < -0.4 is 10.1 Å². The fraction of sp³-hybridized carbons (Fsp3) is 0.176. The highest BCUT2D eigenvalue weighted by Crippen LogP contribution is 2.20. The SMILES string of the molecule is COc1ccc(NC(=O)COC(=O)CSc2ccc(Cl)cc2)cc1. The molecule has 0 atom stereocenters. The molecule has 7 heteroatoms. The lowest BCUT2D eigenvalue weighted by Gasteiger charge is -2.07. The van der Waals surface area contributed by atoms with Crippen molar-refractivity contribution in [3.63, 3.8) is 0 Å². The summed E-state index contributed by atoms with van der Waals surface area (Å²) in [5.41, 5.74) is 0.604. The van der Waals surface area contributed by atoms with E-state index in [1.165, 1.54) is 11.8 Å². The minimum Gasteiger partial charge on any atom is -0.497 e. The van der Waals surface area contributed by atoms with Crippen LogP contribution in [0.1, 0.15) is 0 Å². The summed E-state index contributed by atoms with van der Waals surface area (Å²) >= 11 is 7.11. The molecule has 2 rings (SSSR count). The van der Waals surface area contributed by atoms with Gasteiger partial charge in [0.1, 0.15) is 5.75 Å². The quantitative estimate of drug-likeness (QED) is 0.599. The van der Waals surface area contributed by atoms with Crippen molar-refractivity contribution in [3.8, 4) is 5.75 Å². The van der Waals surface area contributed by atoms with Crippen LogP contribution in [-0.4, -0.2) is 31.3 Å². The van der Waals surface area contributed by atoms with Crippen LogP contribution in [0.2, 0.25) is 5.02 Å². The van der Waals surface area contributed by atoms with Gasteiger partial charge in [-0.3, -0.25) is 9.59 Å². The van der Waals surface area contributed by atoms with Crippen LogP contribution in [0.25, 0.3) is 0 Å². The van der Waals surface area contributed by atoms with Gasteiger partial charge in [0.2, 0.25) is 0 Å². The summed E-state index contributed by atoms with van der Waals surface area (Å²) in [5.74, 6) is -0.0410. The first-order valence-corrected chi connectivity index (χ1v) is 8.41. The van der Waals surface area contributed by atoms with Gasteiger partial charge in [0, 0.05) is 15.6 Å². The molecular weight excluding hydrogens is 350 g/mol. The number of hydrogen-bond acceptors (Lipinski definition) is 5. The Balaban J connectivity index is 1.70. The van der Waals surface area contributed by atoms with Crippen molar-refractivity contribution in [2.45, 2.75) is 4.90 Å². The van der Waals surface area contributed by atoms with Crippen molar-refractivity contribution in [1.29, 1.82) is 0 Å². The molecular formula is C17H16ClNO4S. The first-order valence-electron chi connectivity index (χ1n) is 7.05. The van der Waals surface area contributed by atoms with Crippen LogP contribution in [0.3, 0.4) is 0 Å². The van der Waals surface area contributed by atoms with Gasteiger partial charge in [-0.05, 0) is 48.5 Å². The third-order valence-corrected chi connectivity index (χ3v) is 4.15. The number of halogens is 1. The Morgan fingerprint density at radius 1 is 1.08 bits per heavy atom. The van der Waals surface area contributed by atoms with E-state index in [4.69, 9.17) is 21.1 Å². The third kappa shape index (κ3) is 6.14. The zero-order chi connectivity index (χ0) is 17.4. The van der Waals surface area contributed by atoms with Gasteiger partial charge in [-0.2, -0.15) is 0 Å². The number of hydrogen-bond donors (Lipinski definition) is 1. The molecule has 24 heavy (non-hydrogen) atoms. The molecule has 2 aromatic rings. The van der Waals surface area contributed by atoms with E-state index in [9.17, 15) is 9.59 Å². The molecule has 0 unspecified atom stereocenters. The number of nitrogens with one attached hydrogen (secondary N) is 1. The Labute approximate surface area is 149 Å². The monoisotopic (exact) mass is 365 g/mol. The van der Waals surface area contributed by atoms with Gasteiger partial charge < -0.3 is 14.8 Å². The summed E-state index contributed by atoms with van der Waals surface area (Å²) in [7, 11) is 1.56. The third-order valence-electron chi connectivity index (χ3n) is 2.91. The van der Waals surface area contributed by atoms with E-state index in [0.717, 1.165) is 4.90 Å². The van der Waals surface area contributed by atoms with Gasteiger partial charge in [0.25, 0.3) is 5.91 Å². The number of carbonyl (C=O) groups excluding carboxylic acids is 2. The smallest absolute Gasteiger partial charge is 0.316 e. The van der Waals surface area contributed by atoms with Crippen LogP contribution in [0, 0.1) is 0 Å². The highest BCUT2D eigenvalue weighted by Gasteiger charge is 2.09. The number of anilines is 1. The summed E-state index contributed by atoms with van der Waals surface area (Å²) in [5, 5.41) is 3.27. The lowest BCUT2D eigenvalue weighted by atomic mass is 10.3. The molecule has 0 aliphatic heterocycles. The van der Waals surface area contributed by atoms with Gasteiger partial charge >= 0.3 is 5.97 Å². The number of amides is 1. The number of ether oxygens (including phenoxy) is 2. The minimum absolute atomic E-state index is 0.122. The van der Waals surface area contributed by atoms with E-state index in [1.54, 1.807) is 43.5 Å². The van der Waals surface area contributed by atoms with Gasteiger partial charge in [0.15, 0.2) is 6.61 Å². The van der Waals surface area contributed by atoms with Crippen molar-refractivity contribution in [2.75, 3.05) is 24.8 Å². The molecule has 1 amide bonds. The molecule has 0 heterocycles. The first kappa shape index (κ1) is 18.2. The maximum absolute atomic E-state index is 11.7. The molecule has 1 N–H and O–H groups in total. The van der Waals surface area contributed by atoms with Gasteiger partial charge in [-0.15, -0.1) is 11.8 Å². The minimum atomic E-state index is -0.458. The molecule has 0 radical (unpaired) electrons. The number of thioether (sulfide) groups is 1. The molecule has 5 nitrogen and oxygen atoms in total. The zero-order valence-electron chi connectivity index (χ0n) is 13.0. The molecule has 2 aromatic carbocycles. The van der Waals surface area contributed by atoms with Crippen LogP contribution in [0.4, 0.5) is 5.69 Å². The Morgan fingerprint density at radius 2 is 1.75 bits per heavy atom. The van der Waals surface area contributed by atoms with Crippen molar-refractivity contribution in [3.05, 3.63) is 53.6 Å². The second kappa shape index (κ2) is 9.20. The van der Waals surface area contributed by atoms with Crippen molar-refractivity contribution in [2.24, 2.45) is 0 Å². The molecule has 126 valence electrons. The molecule has 0 saturated heterocycles. The van der Waals surface area contributed by atoms with Crippen LogP contribution in [0.15, 0.2) is 53.4 Å². The lowest BCUT2D eigenvalue weighted by Crippen LogP contribution is -2.21. The van der Waals surface area contributed by atoms with Gasteiger partial charge in [-0.1, -0.05) is 11.6 Å². The number of esters is 1. The molecule has 0 aliphatic rings. The fourth-order valence-electron chi connectivity index (χ4n) is 1.73. The van der Waals surface area contributed by atoms with E-state index >= 15 is 0 Å². The maximum Gasteiger partial charge on any atom is 0.316 e. The average Bonchev–Trinajstić information content (AvgIpc) is 2.60. The first-order chi connectivity index (χ1) is 11.6. The maximum atomic E-state index is 11.7. The summed E-state index contributed by atoms with van der Waals surface area (Å²) < 4.78 is 9.98. The van der Waals surface area contributed by atoms with Crippen molar-refractivity contribution in [1.82, 2.24) is 0 Å². The largest absolute Gasteiger partial charge is 0.497 e. The Kier molecular flexibility index (Phi) is 6.96. The van der Waals surface area contributed by atoms with Crippen molar-refractivity contribution >= 4 is 40.9 Å². The van der Waals surface area contributed by atoms with Crippen LogP contribution >= 0.6 is 23.4 Å². The second-order valence-corrected chi connectivity index (χ2v) is 6.17. The molecule has 0 fully saturated rings. The van der Waals surface area contributed by atoms with Gasteiger partial charge in [0.05, 0.1) is 12.9 Å². The highest BCUT2D eigenvalue weighted by molar-refractivity contribution is 8.00. The molecule has 0 aliphatic carbocycles. The number of carbonyl (C=O) groups is 2. The summed E-state index contributed by atoms with van der Waals surface area (Å²) in [4.78, 5) is 24.3. The number of rotatable bonds is 7. The van der Waals surface area contributed by atoms with Crippen LogP contribution in [-0.2, 0) is 14.3 Å². The summed E-state index contributed by atoms with van der Waals surface area (Å²) in [6.07, 6.45) is 0. The fourth-order valence-corrected chi connectivity index (χ4v) is 2.55. The molecule has 0 bridgehead atoms. The Morgan fingerprint density at radius 3 is 2.38 bits per heavy atom. The Bertz CT molecular complexity index is 689. The van der Waals surface area contributed by atoms with Crippen LogP contribution in [0.5, 0.6) is 5.75 Å². The standard InChI is InChI=1S/C17H16ClNO4S/c1-22-14-6-4-13(5-7-14)19-16(20)10-23-17(21)11-24-15-8-2-12(18)3-9-15/h2-9H,10-11H2,1H3,(H,19,20). The van der Waals surface area contributed by atoms with Gasteiger partial charge in [-0.25, -0.2) is 0 Å². The highest BCUT2D eigenvalue weighted by atomic mass is 35.5. The van der Waals surface area contributed by atoms with E-state index < -0.39 is 11.9 Å². The predicted octanol–water partition coefficient (Wildman–Crippen LogP) is 3.62. The molecule has 0 aromatic heterocycles. The zero-order valence-corrected chi connectivity index (χ0v) is 14.5.